The topological polar surface area (TPSA) is 81.9 Å². The van der Waals surface area contributed by atoms with Crippen LogP contribution >= 0.6 is 11.3 Å². The number of hydrogen-bond donors (Lipinski definition) is 1. The summed E-state index contributed by atoms with van der Waals surface area (Å²) in [7, 11) is 2.87. The Kier molecular flexibility index (Phi) is 7.27. The molecule has 0 spiro atoms. The third-order valence-electron chi connectivity index (χ3n) is 5.38. The summed E-state index contributed by atoms with van der Waals surface area (Å²) < 4.78 is 12.4. The molecule has 0 saturated carbocycles. The van der Waals surface area contributed by atoms with E-state index in [-0.39, 0.29) is 11.9 Å². The zero-order chi connectivity index (χ0) is 23.4. The van der Waals surface area contributed by atoms with Crippen LogP contribution in [0.4, 0.5) is 0 Å². The smallest absolute Gasteiger partial charge is 0.341 e. The van der Waals surface area contributed by atoms with Gasteiger partial charge in [0.25, 0.3) is 5.91 Å². The van der Waals surface area contributed by atoms with Crippen LogP contribution in [0.5, 0.6) is 0 Å². The normalized spacial score (nSPS) is 12.2. The molecule has 0 aliphatic heterocycles. The third-order valence-corrected chi connectivity index (χ3v) is 6.58. The van der Waals surface area contributed by atoms with Crippen molar-refractivity contribution in [3.05, 3.63) is 74.9 Å². The summed E-state index contributed by atoms with van der Waals surface area (Å²) in [4.78, 5) is 26.0. The fraction of sp³-hybridized carbons (Fsp3) is 0.292. The summed E-state index contributed by atoms with van der Waals surface area (Å²) in [6.45, 7) is 7.82. The van der Waals surface area contributed by atoms with Crippen LogP contribution in [0.15, 0.2) is 41.5 Å². The van der Waals surface area contributed by atoms with E-state index < -0.39 is 6.10 Å². The van der Waals surface area contributed by atoms with Gasteiger partial charge >= 0.3 is 5.97 Å². The Morgan fingerprint density at radius 3 is 2.44 bits per heavy atom. The Bertz CT molecular complexity index is 1160. The summed E-state index contributed by atoms with van der Waals surface area (Å²) in [6, 6.07) is 11.2. The number of aryl methyl sites for hydroxylation is 2. The van der Waals surface area contributed by atoms with E-state index in [9.17, 15) is 9.59 Å². The number of hydrogen-bond acceptors (Lipinski definition) is 6. The van der Waals surface area contributed by atoms with E-state index >= 15 is 0 Å². The van der Waals surface area contributed by atoms with E-state index in [1.165, 1.54) is 14.2 Å². The van der Waals surface area contributed by atoms with Gasteiger partial charge in [-0.3, -0.25) is 4.79 Å². The van der Waals surface area contributed by atoms with Crippen molar-refractivity contribution in [2.24, 2.45) is 5.10 Å². The van der Waals surface area contributed by atoms with Crippen LogP contribution in [0.1, 0.15) is 49.4 Å². The summed E-state index contributed by atoms with van der Waals surface area (Å²) in [5, 5.41) is 4.95. The lowest BCUT2D eigenvalue weighted by molar-refractivity contribution is -0.131. The molecule has 0 aliphatic carbocycles. The second kappa shape index (κ2) is 9.93. The molecule has 168 valence electrons. The maximum atomic E-state index is 12.5. The molecule has 0 fully saturated rings. The number of carbonyl (C=O) groups is 2. The van der Waals surface area contributed by atoms with Crippen LogP contribution in [0.2, 0.25) is 0 Å². The molecule has 3 rings (SSSR count). The lowest BCUT2D eigenvalue weighted by Crippen LogP contribution is -2.26. The second-order valence-corrected chi connectivity index (χ2v) is 8.58. The number of rotatable bonds is 7. The van der Waals surface area contributed by atoms with Gasteiger partial charge in [-0.2, -0.15) is 5.10 Å². The molecule has 2 aromatic heterocycles. The number of aromatic nitrogens is 1. The molecule has 1 aromatic carbocycles. The third kappa shape index (κ3) is 4.51. The zero-order valence-corrected chi connectivity index (χ0v) is 19.9. The predicted molar refractivity (Wildman–Crippen MR) is 126 cm³/mol. The average molecular weight is 454 g/mol. The minimum atomic E-state index is -0.750. The van der Waals surface area contributed by atoms with Gasteiger partial charge in [-0.1, -0.05) is 30.3 Å². The first-order valence-electron chi connectivity index (χ1n) is 10.1. The number of amides is 1. The van der Waals surface area contributed by atoms with Crippen LogP contribution in [0.25, 0.3) is 5.00 Å². The number of nitrogens with zero attached hydrogens (tertiary/aromatic N) is 2. The minimum Gasteiger partial charge on any atom is -0.465 e. The van der Waals surface area contributed by atoms with Crippen molar-refractivity contribution in [2.45, 2.75) is 33.8 Å². The van der Waals surface area contributed by atoms with Gasteiger partial charge < -0.3 is 14.0 Å². The van der Waals surface area contributed by atoms with Crippen molar-refractivity contribution in [2.75, 3.05) is 14.2 Å². The van der Waals surface area contributed by atoms with E-state index in [1.807, 2.05) is 68.7 Å². The number of methoxy groups -OCH3 is 2. The van der Waals surface area contributed by atoms with E-state index in [4.69, 9.17) is 9.47 Å². The largest absolute Gasteiger partial charge is 0.465 e. The van der Waals surface area contributed by atoms with Gasteiger partial charge in [0, 0.05) is 28.9 Å². The highest BCUT2D eigenvalue weighted by molar-refractivity contribution is 7.15. The Hall–Kier alpha value is -3.23. The molecule has 2 heterocycles. The molecule has 32 heavy (non-hydrogen) atoms. The van der Waals surface area contributed by atoms with Gasteiger partial charge in [-0.15, -0.1) is 11.3 Å². The van der Waals surface area contributed by atoms with Crippen molar-refractivity contribution in [3.8, 4) is 5.00 Å². The first-order valence-corrected chi connectivity index (χ1v) is 10.9. The van der Waals surface area contributed by atoms with Crippen LogP contribution in [-0.2, 0) is 14.3 Å². The standard InChI is InChI=1S/C24H27N3O4S/c1-14-12-19(13-25-26-22(28)21(30-5)18-10-8-7-9-11-18)16(3)27(14)23-20(24(29)31-6)15(2)17(4)32-23/h7-13,21H,1-6H3,(H,26,28)/b25-13-/t21-/m0/s1. The van der Waals surface area contributed by atoms with Crippen molar-refractivity contribution in [1.82, 2.24) is 9.99 Å². The number of esters is 1. The van der Waals surface area contributed by atoms with Gasteiger partial charge in [-0.05, 0) is 44.9 Å². The molecule has 0 saturated heterocycles. The summed E-state index contributed by atoms with van der Waals surface area (Å²) in [6.07, 6.45) is 0.847. The van der Waals surface area contributed by atoms with Crippen LogP contribution in [-0.4, -0.2) is 36.9 Å². The molecule has 3 aromatic rings. The Morgan fingerprint density at radius 2 is 1.81 bits per heavy atom. The average Bonchev–Trinajstić information content (AvgIpc) is 3.23. The maximum absolute atomic E-state index is 12.5. The highest BCUT2D eigenvalue weighted by Gasteiger charge is 2.24. The summed E-state index contributed by atoms with van der Waals surface area (Å²) >= 11 is 1.54. The number of benzene rings is 1. The van der Waals surface area contributed by atoms with Gasteiger partial charge in [0.05, 0.1) is 18.9 Å². The Labute approximate surface area is 191 Å². The molecule has 1 amide bonds. The Balaban J connectivity index is 1.86. The lowest BCUT2D eigenvalue weighted by Gasteiger charge is -2.13. The lowest BCUT2D eigenvalue weighted by atomic mass is 10.1. The molecule has 0 bridgehead atoms. The molecule has 8 heteroatoms. The number of carbonyl (C=O) groups excluding carboxylic acids is 2. The van der Waals surface area contributed by atoms with Gasteiger partial charge in [-0.25, -0.2) is 10.2 Å². The maximum Gasteiger partial charge on any atom is 0.341 e. The second-order valence-electron chi connectivity index (χ2n) is 7.38. The van der Waals surface area contributed by atoms with Crippen molar-refractivity contribution >= 4 is 29.4 Å². The number of hydrazone groups is 1. The first-order chi connectivity index (χ1) is 15.3. The summed E-state index contributed by atoms with van der Waals surface area (Å²) in [5.41, 5.74) is 7.46. The van der Waals surface area contributed by atoms with Crippen molar-refractivity contribution < 1.29 is 19.1 Å². The molecular formula is C24H27N3O4S. The molecule has 7 nitrogen and oxygen atoms in total. The van der Waals surface area contributed by atoms with Gasteiger partial charge in [0.2, 0.25) is 0 Å². The molecule has 1 N–H and O–H groups in total. The van der Waals surface area contributed by atoms with E-state index in [0.717, 1.165) is 38.0 Å². The number of nitrogens with one attached hydrogen (secondary N) is 1. The quantitative estimate of drug-likeness (QED) is 0.327. The number of thiophene rings is 1. The first kappa shape index (κ1) is 23.4. The van der Waals surface area contributed by atoms with Crippen LogP contribution in [0, 0.1) is 27.7 Å². The van der Waals surface area contributed by atoms with Crippen molar-refractivity contribution in [1.29, 1.82) is 0 Å². The Morgan fingerprint density at radius 1 is 1.12 bits per heavy atom. The highest BCUT2D eigenvalue weighted by Crippen LogP contribution is 2.34. The van der Waals surface area contributed by atoms with Gasteiger partial charge in [0.1, 0.15) is 5.00 Å². The molecule has 0 unspecified atom stereocenters. The minimum absolute atomic E-state index is 0.358. The summed E-state index contributed by atoms with van der Waals surface area (Å²) in [5.74, 6) is -0.718. The molecule has 1 atom stereocenters. The number of ether oxygens (including phenoxy) is 2. The molecular weight excluding hydrogens is 426 g/mol. The van der Waals surface area contributed by atoms with Crippen molar-refractivity contribution in [3.63, 3.8) is 0 Å². The zero-order valence-electron chi connectivity index (χ0n) is 19.1. The molecule has 0 radical (unpaired) electrons. The fourth-order valence-corrected chi connectivity index (χ4v) is 4.84. The van der Waals surface area contributed by atoms with E-state index in [0.29, 0.717) is 5.56 Å². The van der Waals surface area contributed by atoms with E-state index in [2.05, 4.69) is 10.5 Å². The fourth-order valence-electron chi connectivity index (χ4n) is 3.59. The molecule has 0 aliphatic rings. The van der Waals surface area contributed by atoms with Crippen LogP contribution < -0.4 is 5.43 Å². The SMILES string of the molecule is COC(=O)c1c(-n2c(C)cc(/C=N\NC(=O)[C@@H](OC)c3ccccc3)c2C)sc(C)c1C. The highest BCUT2D eigenvalue weighted by atomic mass is 32.1. The van der Waals surface area contributed by atoms with E-state index in [1.54, 1.807) is 17.6 Å². The van der Waals surface area contributed by atoms with Gasteiger partial charge in [0.15, 0.2) is 6.10 Å². The monoisotopic (exact) mass is 453 g/mol. The predicted octanol–water partition coefficient (Wildman–Crippen LogP) is 4.40. The van der Waals surface area contributed by atoms with Crippen LogP contribution in [0.3, 0.4) is 0 Å².